The molecule has 21 heavy (non-hydrogen) atoms. The summed E-state index contributed by atoms with van der Waals surface area (Å²) in [5, 5.41) is 12.5. The third kappa shape index (κ3) is 3.88. The number of carbonyl (C=O) groups is 1. The second kappa shape index (κ2) is 7.31. The quantitative estimate of drug-likeness (QED) is 0.807. The standard InChI is InChI=1S/C16H23NO4/c1-20-13-7-6-12(15(8-13)21-2)10-17-9-11-4-3-5-14(11)16(18)19/h6-8,11,14,17H,3-5,9-10H2,1-2H3,(H,18,19). The van der Waals surface area contributed by atoms with Crippen molar-refractivity contribution in [3.05, 3.63) is 23.8 Å². The summed E-state index contributed by atoms with van der Waals surface area (Å²) in [6.45, 7) is 1.39. The first-order valence-electron chi connectivity index (χ1n) is 7.30. The molecule has 1 saturated carbocycles. The van der Waals surface area contributed by atoms with E-state index >= 15 is 0 Å². The highest BCUT2D eigenvalue weighted by atomic mass is 16.5. The molecule has 2 N–H and O–H groups in total. The van der Waals surface area contributed by atoms with Crippen LogP contribution in [-0.2, 0) is 11.3 Å². The lowest BCUT2D eigenvalue weighted by Crippen LogP contribution is -2.28. The van der Waals surface area contributed by atoms with Gasteiger partial charge in [0.15, 0.2) is 0 Å². The molecule has 1 fully saturated rings. The fourth-order valence-corrected chi connectivity index (χ4v) is 3.00. The molecule has 1 aromatic carbocycles. The Morgan fingerprint density at radius 1 is 1.33 bits per heavy atom. The molecular weight excluding hydrogens is 270 g/mol. The maximum Gasteiger partial charge on any atom is 0.306 e. The zero-order valence-electron chi connectivity index (χ0n) is 12.6. The van der Waals surface area contributed by atoms with E-state index in [1.54, 1.807) is 14.2 Å². The van der Waals surface area contributed by atoms with Crippen LogP contribution in [-0.4, -0.2) is 31.8 Å². The van der Waals surface area contributed by atoms with Gasteiger partial charge in [-0.25, -0.2) is 0 Å². The summed E-state index contributed by atoms with van der Waals surface area (Å²) in [6, 6.07) is 5.72. The highest BCUT2D eigenvalue weighted by Crippen LogP contribution is 2.31. The lowest BCUT2D eigenvalue weighted by molar-refractivity contribution is -0.142. The van der Waals surface area contributed by atoms with Crippen LogP contribution in [0.25, 0.3) is 0 Å². The van der Waals surface area contributed by atoms with Gasteiger partial charge in [0.25, 0.3) is 0 Å². The second-order valence-corrected chi connectivity index (χ2v) is 5.44. The van der Waals surface area contributed by atoms with Gasteiger partial charge in [-0.1, -0.05) is 12.5 Å². The SMILES string of the molecule is COc1ccc(CNCC2CCCC2C(=O)O)c(OC)c1. The average molecular weight is 293 g/mol. The largest absolute Gasteiger partial charge is 0.497 e. The maximum atomic E-state index is 11.2. The number of carboxylic acids is 1. The molecule has 0 heterocycles. The molecular formula is C16H23NO4. The van der Waals surface area contributed by atoms with Crippen LogP contribution >= 0.6 is 0 Å². The number of benzene rings is 1. The van der Waals surface area contributed by atoms with E-state index in [1.165, 1.54) is 0 Å². The summed E-state index contributed by atoms with van der Waals surface area (Å²) < 4.78 is 10.5. The van der Waals surface area contributed by atoms with Crippen molar-refractivity contribution in [3.8, 4) is 11.5 Å². The Bertz CT molecular complexity index is 489. The van der Waals surface area contributed by atoms with Gasteiger partial charge in [-0.05, 0) is 31.4 Å². The van der Waals surface area contributed by atoms with Gasteiger partial charge >= 0.3 is 5.97 Å². The van der Waals surface area contributed by atoms with Crippen molar-refractivity contribution in [3.63, 3.8) is 0 Å². The molecule has 2 atom stereocenters. The summed E-state index contributed by atoms with van der Waals surface area (Å²) in [5.74, 6) is 0.906. The number of nitrogens with one attached hydrogen (secondary N) is 1. The van der Waals surface area contributed by atoms with E-state index in [-0.39, 0.29) is 11.8 Å². The normalized spacial score (nSPS) is 21.2. The molecule has 1 aromatic rings. The van der Waals surface area contributed by atoms with E-state index in [9.17, 15) is 9.90 Å². The van der Waals surface area contributed by atoms with Crippen LogP contribution in [0.2, 0.25) is 0 Å². The molecule has 0 aliphatic heterocycles. The molecule has 1 aliphatic rings. The highest BCUT2D eigenvalue weighted by molar-refractivity contribution is 5.70. The molecule has 0 spiro atoms. The zero-order chi connectivity index (χ0) is 15.2. The Morgan fingerprint density at radius 2 is 2.14 bits per heavy atom. The smallest absolute Gasteiger partial charge is 0.306 e. The summed E-state index contributed by atoms with van der Waals surface area (Å²) in [7, 11) is 3.26. The highest BCUT2D eigenvalue weighted by Gasteiger charge is 2.32. The number of methoxy groups -OCH3 is 2. The second-order valence-electron chi connectivity index (χ2n) is 5.44. The number of hydrogen-bond acceptors (Lipinski definition) is 4. The fraction of sp³-hybridized carbons (Fsp3) is 0.562. The molecule has 0 amide bonds. The molecule has 116 valence electrons. The first-order valence-corrected chi connectivity index (χ1v) is 7.30. The summed E-state index contributed by atoms with van der Waals surface area (Å²) in [6.07, 6.45) is 2.80. The van der Waals surface area contributed by atoms with Crippen LogP contribution in [0.5, 0.6) is 11.5 Å². The van der Waals surface area contributed by atoms with E-state index in [4.69, 9.17) is 9.47 Å². The van der Waals surface area contributed by atoms with Gasteiger partial charge in [0, 0.05) is 18.2 Å². The topological polar surface area (TPSA) is 67.8 Å². The molecule has 0 bridgehead atoms. The summed E-state index contributed by atoms with van der Waals surface area (Å²) in [5.41, 5.74) is 1.04. The lowest BCUT2D eigenvalue weighted by atomic mass is 9.96. The predicted octanol–water partition coefficient (Wildman–Crippen LogP) is 2.29. The Balaban J connectivity index is 1.90. The number of rotatable bonds is 7. The Kier molecular flexibility index (Phi) is 5.44. The van der Waals surface area contributed by atoms with E-state index < -0.39 is 5.97 Å². The van der Waals surface area contributed by atoms with Gasteiger partial charge in [0.1, 0.15) is 11.5 Å². The Labute approximate surface area is 125 Å². The maximum absolute atomic E-state index is 11.2. The minimum absolute atomic E-state index is 0.199. The van der Waals surface area contributed by atoms with Crippen molar-refractivity contribution in [1.82, 2.24) is 5.32 Å². The van der Waals surface area contributed by atoms with Gasteiger partial charge in [-0.15, -0.1) is 0 Å². The minimum Gasteiger partial charge on any atom is -0.497 e. The van der Waals surface area contributed by atoms with Crippen molar-refractivity contribution in [1.29, 1.82) is 0 Å². The first-order chi connectivity index (χ1) is 10.2. The van der Waals surface area contributed by atoms with Crippen LogP contribution in [0.1, 0.15) is 24.8 Å². The van der Waals surface area contributed by atoms with Gasteiger partial charge < -0.3 is 19.9 Å². The van der Waals surface area contributed by atoms with Gasteiger partial charge in [0.05, 0.1) is 20.1 Å². The third-order valence-electron chi connectivity index (χ3n) is 4.19. The van der Waals surface area contributed by atoms with E-state index in [2.05, 4.69) is 5.32 Å². The monoisotopic (exact) mass is 293 g/mol. The number of hydrogen-bond donors (Lipinski definition) is 2. The van der Waals surface area contributed by atoms with Gasteiger partial charge in [-0.3, -0.25) is 4.79 Å². The Hall–Kier alpha value is -1.75. The predicted molar refractivity (Wildman–Crippen MR) is 79.7 cm³/mol. The van der Waals surface area contributed by atoms with Crippen molar-refractivity contribution in [2.24, 2.45) is 11.8 Å². The number of ether oxygens (including phenoxy) is 2. The molecule has 5 nitrogen and oxygen atoms in total. The number of aliphatic carboxylic acids is 1. The molecule has 5 heteroatoms. The van der Waals surface area contributed by atoms with Crippen LogP contribution in [0.3, 0.4) is 0 Å². The van der Waals surface area contributed by atoms with Crippen LogP contribution in [0.4, 0.5) is 0 Å². The lowest BCUT2D eigenvalue weighted by Gasteiger charge is -2.17. The molecule has 0 aromatic heterocycles. The van der Waals surface area contributed by atoms with Crippen LogP contribution < -0.4 is 14.8 Å². The zero-order valence-corrected chi connectivity index (χ0v) is 12.6. The molecule has 2 unspecified atom stereocenters. The minimum atomic E-state index is -0.665. The van der Waals surface area contributed by atoms with E-state index in [1.807, 2.05) is 18.2 Å². The van der Waals surface area contributed by atoms with Crippen molar-refractivity contribution < 1.29 is 19.4 Å². The van der Waals surface area contributed by atoms with E-state index in [0.29, 0.717) is 6.54 Å². The third-order valence-corrected chi connectivity index (χ3v) is 4.19. The first kappa shape index (κ1) is 15.6. The van der Waals surface area contributed by atoms with Crippen molar-refractivity contribution in [2.45, 2.75) is 25.8 Å². The summed E-state index contributed by atoms with van der Waals surface area (Å²) in [4.78, 5) is 11.2. The molecule has 0 saturated heterocycles. The van der Waals surface area contributed by atoms with Gasteiger partial charge in [-0.2, -0.15) is 0 Å². The Morgan fingerprint density at radius 3 is 2.81 bits per heavy atom. The van der Waals surface area contributed by atoms with Crippen molar-refractivity contribution >= 4 is 5.97 Å². The average Bonchev–Trinajstić information content (AvgIpc) is 2.96. The molecule has 2 rings (SSSR count). The molecule has 1 aliphatic carbocycles. The van der Waals surface area contributed by atoms with Crippen molar-refractivity contribution in [2.75, 3.05) is 20.8 Å². The molecule has 0 radical (unpaired) electrons. The van der Waals surface area contributed by atoms with Crippen LogP contribution in [0, 0.1) is 11.8 Å². The number of carboxylic acid groups (broad SMARTS) is 1. The summed E-state index contributed by atoms with van der Waals surface area (Å²) >= 11 is 0. The van der Waals surface area contributed by atoms with Gasteiger partial charge in [0.2, 0.25) is 0 Å². The fourth-order valence-electron chi connectivity index (χ4n) is 3.00. The van der Waals surface area contributed by atoms with Crippen LogP contribution in [0.15, 0.2) is 18.2 Å². The van der Waals surface area contributed by atoms with E-state index in [0.717, 1.165) is 42.9 Å².